The Kier molecular flexibility index (Phi) is 22.8. The quantitative estimate of drug-likeness (QED) is 0.0516. The number of hydrogen-bond donors (Lipinski definition) is 9. The van der Waals surface area contributed by atoms with Crippen LogP contribution in [0.2, 0.25) is 5.02 Å². The fourth-order valence-corrected chi connectivity index (χ4v) is 21.1. The number of amides is 6. The molecule has 6 aliphatic rings. The van der Waals surface area contributed by atoms with Crippen LogP contribution in [-0.4, -0.2) is 158 Å². The van der Waals surface area contributed by atoms with E-state index in [0.717, 1.165) is 17.2 Å². The summed E-state index contributed by atoms with van der Waals surface area (Å²) in [6.07, 6.45) is -5.46. The normalized spacial score (nSPS) is 31.5. The first-order chi connectivity index (χ1) is 48.5. The molecule has 6 unspecified atom stereocenters. The van der Waals surface area contributed by atoms with Gasteiger partial charge in [0.2, 0.25) is 24.8 Å². The lowest BCUT2D eigenvalue weighted by atomic mass is 10.1. The van der Waals surface area contributed by atoms with Gasteiger partial charge in [-0.25, -0.2) is 47.5 Å². The van der Waals surface area contributed by atoms with Gasteiger partial charge in [0.1, 0.15) is 35.3 Å². The average Bonchev–Trinajstić information content (AvgIpc) is 1.06. The molecule has 6 aliphatic heterocycles. The highest BCUT2D eigenvalue weighted by Gasteiger charge is 2.70. The summed E-state index contributed by atoms with van der Waals surface area (Å²) < 4.78 is 161. The van der Waals surface area contributed by atoms with Crippen molar-refractivity contribution in [1.82, 2.24) is 29.7 Å². The summed E-state index contributed by atoms with van der Waals surface area (Å²) in [7, 11) is -31.8. The zero-order valence-electron chi connectivity index (χ0n) is 53.1. The monoisotopic (exact) mass is 1600 g/mol. The minimum Gasteiger partial charge on any atom is -0.447 e. The lowest BCUT2D eigenvalue weighted by Gasteiger charge is -2.41. The lowest BCUT2D eigenvalue weighted by Crippen LogP contribution is -2.38. The molecule has 6 saturated heterocycles. The third kappa shape index (κ3) is 16.2. The van der Waals surface area contributed by atoms with Crippen molar-refractivity contribution in [3.8, 4) is 17.2 Å². The number of carbonyl (C=O) groups is 6. The number of rotatable bonds is 12. The zero-order chi connectivity index (χ0) is 76.0. The summed E-state index contributed by atoms with van der Waals surface area (Å²) in [6.45, 7) is 3.01. The number of aliphatic hydroxyl groups is 3. The standard InChI is InChI=1S/C20H20F2N2O11P2.C19H19ClN2O10P2.C18H18N2O11P2/c1-19(2)10-24(18(26)33-19)17(25)32-12-6-13(21)15(14(22)7-12)16-34-36(28,29)20(27,37(30,31)35-16)8-11-4-3-5-23-9-11;20-14-9-13(5-6-15(14)30-18(24)22-8-2-4-16(22)23)17-31-33(26,27)19(25,34(28,29)32-17)10-12-3-1-7-21-11-12;21-16-20(8-9-28-16)17(22)29-14-6-2-1-5-13(14)15-30-32(24,25)18(23,33(26,27)31-15)10-12-4-3-7-19-11-12/h3-7,9,16,27H,8,10H2,1-2H3,(H,28,29)(H,30,31);1,3,5-7,9,11,17,25H,2,4,8,10H2,(H,26,27)(H,28,29);1-7,11,15,23H,8-10H2,(H,24,25)(H,26,27). The Bertz CT molecular complexity index is 4580. The van der Waals surface area contributed by atoms with Crippen molar-refractivity contribution in [2.75, 3.05) is 26.2 Å². The maximum absolute atomic E-state index is 14.9. The molecule has 9 N–H and O–H groups in total. The molecule has 0 bridgehead atoms. The van der Waals surface area contributed by atoms with Crippen molar-refractivity contribution >= 4 is 93.5 Å². The highest BCUT2D eigenvalue weighted by Crippen LogP contribution is 2.81. The summed E-state index contributed by atoms with van der Waals surface area (Å²) in [5.41, 5.74) is -2.05. The number of aromatic nitrogens is 3. The summed E-state index contributed by atoms with van der Waals surface area (Å²) in [5.74, 6) is -4.62. The van der Waals surface area contributed by atoms with E-state index in [9.17, 15) is 110 Å². The van der Waals surface area contributed by atoms with E-state index >= 15 is 0 Å². The van der Waals surface area contributed by atoms with Crippen LogP contribution in [0.1, 0.15) is 78.9 Å². The van der Waals surface area contributed by atoms with Gasteiger partial charge in [0.05, 0.1) is 29.2 Å². The molecule has 12 rings (SSSR count). The summed E-state index contributed by atoms with van der Waals surface area (Å²) >= 11 is 6.13. The van der Waals surface area contributed by atoms with Crippen molar-refractivity contribution in [1.29, 1.82) is 0 Å². The molecule has 9 heterocycles. The number of hydrogen-bond acceptors (Lipinski definition) is 29. The van der Waals surface area contributed by atoms with Gasteiger partial charge in [-0.1, -0.05) is 54.1 Å². The molecule has 6 aromatic rings. The van der Waals surface area contributed by atoms with E-state index < -0.39 is 158 Å². The van der Waals surface area contributed by atoms with Crippen LogP contribution in [0.3, 0.4) is 0 Å². The maximum atomic E-state index is 14.9. The van der Waals surface area contributed by atoms with Gasteiger partial charge in [-0.15, -0.1) is 0 Å². The molecule has 47 heteroatoms. The molecule has 38 nitrogen and oxygen atoms in total. The minimum atomic E-state index is -5.51. The van der Waals surface area contributed by atoms with Gasteiger partial charge >= 0.3 is 76.0 Å². The number of halogens is 3. The number of nitrogens with zero attached hydrogens (tertiary/aromatic N) is 6. The predicted molar refractivity (Wildman–Crippen MR) is 341 cm³/mol. The van der Waals surface area contributed by atoms with Crippen LogP contribution >= 0.6 is 57.2 Å². The van der Waals surface area contributed by atoms with Crippen LogP contribution in [-0.2, 0) is 88.1 Å². The van der Waals surface area contributed by atoms with Crippen LogP contribution in [0.25, 0.3) is 0 Å². The molecule has 558 valence electrons. The molecule has 0 spiro atoms. The van der Waals surface area contributed by atoms with Gasteiger partial charge in [0, 0.05) is 87.1 Å². The number of para-hydroxylation sites is 1. The maximum Gasteiger partial charge on any atom is 0.424 e. The Hall–Kier alpha value is -7.54. The van der Waals surface area contributed by atoms with Crippen molar-refractivity contribution in [2.24, 2.45) is 0 Å². The van der Waals surface area contributed by atoms with Crippen molar-refractivity contribution in [3.63, 3.8) is 0 Å². The Morgan fingerprint density at radius 2 is 0.990 bits per heavy atom. The molecular weight excluding hydrogens is 1540 g/mol. The van der Waals surface area contributed by atoms with Gasteiger partial charge in [-0.3, -0.25) is 74.3 Å². The van der Waals surface area contributed by atoms with Crippen molar-refractivity contribution in [3.05, 3.63) is 178 Å². The summed E-state index contributed by atoms with van der Waals surface area (Å²) in [4.78, 5) is 148. The second-order valence-corrected chi connectivity index (χ2v) is 36.9. The number of likely N-dealkylation sites (tertiary alicyclic amines) is 1. The third-order valence-electron chi connectivity index (χ3n) is 15.5. The van der Waals surface area contributed by atoms with Crippen LogP contribution in [0.15, 0.2) is 128 Å². The largest absolute Gasteiger partial charge is 0.447 e. The van der Waals surface area contributed by atoms with E-state index in [-0.39, 0.29) is 82.9 Å². The predicted octanol–water partition coefficient (Wildman–Crippen LogP) is 8.89. The number of carbonyl (C=O) groups excluding carboxylic acids is 6. The zero-order valence-corrected chi connectivity index (χ0v) is 59.3. The molecule has 0 radical (unpaired) electrons. The minimum absolute atomic E-state index is 0.0126. The van der Waals surface area contributed by atoms with Gasteiger partial charge in [0.25, 0.3) is 15.2 Å². The van der Waals surface area contributed by atoms with Crippen LogP contribution < -0.4 is 14.2 Å². The van der Waals surface area contributed by atoms with E-state index in [4.69, 9.17) is 57.7 Å². The van der Waals surface area contributed by atoms with E-state index in [0.29, 0.717) is 28.4 Å². The first kappa shape index (κ1) is 79.0. The summed E-state index contributed by atoms with van der Waals surface area (Å²) in [6, 6.07) is 18.4. The highest BCUT2D eigenvalue weighted by molar-refractivity contribution is 7.74. The van der Waals surface area contributed by atoms with Crippen LogP contribution in [0.4, 0.5) is 32.8 Å². The van der Waals surface area contributed by atoms with Crippen molar-refractivity contribution in [2.45, 2.75) is 85.7 Å². The molecule has 3 aromatic heterocycles. The molecule has 104 heavy (non-hydrogen) atoms. The molecule has 0 aliphatic carbocycles. The molecule has 6 atom stereocenters. The number of benzene rings is 3. The average molecular weight is 1600 g/mol. The first-order valence-corrected chi connectivity index (χ1v) is 39.6. The van der Waals surface area contributed by atoms with Crippen molar-refractivity contribution < 1.29 is 160 Å². The van der Waals surface area contributed by atoms with Gasteiger partial charge in [-0.2, -0.15) is 0 Å². The Labute approximate surface area is 588 Å². The smallest absolute Gasteiger partial charge is 0.424 e. The summed E-state index contributed by atoms with van der Waals surface area (Å²) in [5, 5.41) is 22.4. The third-order valence-corrected chi connectivity index (χ3v) is 29.6. The van der Waals surface area contributed by atoms with E-state index in [1.54, 1.807) is 0 Å². The van der Waals surface area contributed by atoms with Gasteiger partial charge in [0.15, 0.2) is 5.75 Å². The molecule has 0 saturated carbocycles. The van der Waals surface area contributed by atoms with E-state index in [1.807, 2.05) is 0 Å². The molecule has 6 fully saturated rings. The lowest BCUT2D eigenvalue weighted by molar-refractivity contribution is -0.125. The Balaban J connectivity index is 0.000000168. The number of ether oxygens (including phenoxy) is 5. The topological polar surface area (TPSA) is 537 Å². The fourth-order valence-electron chi connectivity index (χ4n) is 10.2. The van der Waals surface area contributed by atoms with E-state index in [2.05, 4.69) is 19.7 Å². The molecule has 6 amide bonds. The number of cyclic esters (lactones) is 2. The molecular formula is C57H57ClF2N6O32P6. The second-order valence-electron chi connectivity index (χ2n) is 23.4. The van der Waals surface area contributed by atoms with E-state index in [1.165, 1.54) is 118 Å². The van der Waals surface area contributed by atoms with Crippen LogP contribution in [0, 0.1) is 11.6 Å². The van der Waals surface area contributed by atoms with Gasteiger partial charge in [-0.05, 0) is 73.4 Å². The van der Waals surface area contributed by atoms with Gasteiger partial charge < -0.3 is 68.4 Å². The Morgan fingerprint density at radius 1 is 0.548 bits per heavy atom. The number of imide groups is 3. The van der Waals surface area contributed by atoms with Crippen LogP contribution in [0.5, 0.6) is 17.2 Å². The SMILES string of the molecule is CC1(C)CN(C(=O)Oc2cc(F)c(C3OP(=O)(O)C(O)(Cc4cccnc4)P(=O)(O)O3)c(F)c2)C(=O)O1.O=C1CCCN1C(=O)Oc1ccc(C2OP(=O)(O)C(O)(Cc3cccnc3)P(=O)(O)O2)cc1Cl.O=C1OCCN1C(=O)Oc1ccccc1C1OP(=O)(O)C(O)(Cc2cccnc2)P(=O)(O)O1. The fraction of sp³-hybridized carbons (Fsp3) is 0.316. The number of pyridine rings is 3. The Morgan fingerprint density at radius 3 is 1.40 bits per heavy atom. The molecule has 3 aromatic carbocycles. The second kappa shape index (κ2) is 30.0. The highest BCUT2D eigenvalue weighted by atomic mass is 35.5. The first-order valence-electron chi connectivity index (χ1n) is 29.7.